The monoisotopic (exact) mass is 333 g/mol. The fourth-order valence-electron chi connectivity index (χ4n) is 1.91. The standard InChI is InChI=1S/C13H15N7O4/c1-2-3-4-15-13-17-11(16-12(14)18-13)8-5-9(19(21)22)7-10(6-8)20(23)24/h5-7H,2-4H2,1H3,(H3,14,15,16,17,18). The summed E-state index contributed by atoms with van der Waals surface area (Å²) in [5, 5.41) is 24.9. The molecule has 0 aliphatic heterocycles. The van der Waals surface area contributed by atoms with Gasteiger partial charge in [0, 0.05) is 24.2 Å². The smallest absolute Gasteiger partial charge is 0.277 e. The molecule has 3 N–H and O–H groups in total. The van der Waals surface area contributed by atoms with E-state index >= 15 is 0 Å². The molecular formula is C13H15N7O4. The molecule has 0 atom stereocenters. The Morgan fingerprint density at radius 3 is 2.25 bits per heavy atom. The zero-order valence-electron chi connectivity index (χ0n) is 12.8. The highest BCUT2D eigenvalue weighted by Crippen LogP contribution is 2.28. The van der Waals surface area contributed by atoms with Gasteiger partial charge in [0.1, 0.15) is 0 Å². The van der Waals surface area contributed by atoms with Gasteiger partial charge in [-0.3, -0.25) is 20.2 Å². The Bertz CT molecular complexity index is 749. The maximum absolute atomic E-state index is 11.0. The number of non-ortho nitro benzene ring substituents is 2. The van der Waals surface area contributed by atoms with Crippen LogP contribution in [0.4, 0.5) is 23.3 Å². The Morgan fingerprint density at radius 2 is 1.71 bits per heavy atom. The van der Waals surface area contributed by atoms with Crippen molar-refractivity contribution in [2.24, 2.45) is 0 Å². The molecule has 2 rings (SSSR count). The predicted octanol–water partition coefficient (Wildman–Crippen LogP) is 2.15. The number of nitro benzene ring substituents is 2. The normalized spacial score (nSPS) is 10.4. The number of aromatic nitrogens is 3. The molecule has 11 nitrogen and oxygen atoms in total. The average Bonchev–Trinajstić information content (AvgIpc) is 2.54. The molecule has 1 heterocycles. The number of nitro groups is 2. The van der Waals surface area contributed by atoms with E-state index in [1.807, 2.05) is 6.92 Å². The van der Waals surface area contributed by atoms with Gasteiger partial charge in [-0.2, -0.15) is 15.0 Å². The van der Waals surface area contributed by atoms with E-state index in [2.05, 4.69) is 20.3 Å². The summed E-state index contributed by atoms with van der Waals surface area (Å²) < 4.78 is 0. The minimum atomic E-state index is -0.721. The molecule has 1 aromatic carbocycles. The lowest BCUT2D eigenvalue weighted by molar-refractivity contribution is -0.394. The third-order valence-electron chi connectivity index (χ3n) is 3.05. The quantitative estimate of drug-likeness (QED) is 0.439. The van der Waals surface area contributed by atoms with Crippen LogP contribution in [-0.2, 0) is 0 Å². The van der Waals surface area contributed by atoms with Crippen molar-refractivity contribution < 1.29 is 9.85 Å². The van der Waals surface area contributed by atoms with Crippen molar-refractivity contribution in [2.75, 3.05) is 17.6 Å². The molecule has 0 saturated carbocycles. The second-order valence-corrected chi connectivity index (χ2v) is 4.87. The number of benzene rings is 1. The van der Waals surface area contributed by atoms with Crippen molar-refractivity contribution in [2.45, 2.75) is 19.8 Å². The van der Waals surface area contributed by atoms with E-state index < -0.39 is 21.2 Å². The Balaban J connectivity index is 2.46. The Morgan fingerprint density at radius 1 is 1.08 bits per heavy atom. The van der Waals surface area contributed by atoms with Gasteiger partial charge in [-0.05, 0) is 6.42 Å². The summed E-state index contributed by atoms with van der Waals surface area (Å²) in [6.45, 7) is 2.64. The predicted molar refractivity (Wildman–Crippen MR) is 86.4 cm³/mol. The fourth-order valence-corrected chi connectivity index (χ4v) is 1.91. The third-order valence-corrected chi connectivity index (χ3v) is 3.05. The van der Waals surface area contributed by atoms with Gasteiger partial charge in [0.05, 0.1) is 15.9 Å². The Hall–Kier alpha value is -3.37. The summed E-state index contributed by atoms with van der Waals surface area (Å²) in [6.07, 6.45) is 1.86. The van der Waals surface area contributed by atoms with Gasteiger partial charge in [0.2, 0.25) is 11.9 Å². The zero-order valence-corrected chi connectivity index (χ0v) is 12.8. The number of nitrogens with two attached hydrogens (primary N) is 1. The van der Waals surface area contributed by atoms with Gasteiger partial charge < -0.3 is 11.1 Å². The van der Waals surface area contributed by atoms with Crippen molar-refractivity contribution in [3.05, 3.63) is 38.4 Å². The maximum Gasteiger partial charge on any atom is 0.277 e. The maximum atomic E-state index is 11.0. The fraction of sp³-hybridized carbons (Fsp3) is 0.308. The van der Waals surface area contributed by atoms with E-state index in [-0.39, 0.29) is 23.3 Å². The van der Waals surface area contributed by atoms with E-state index in [4.69, 9.17) is 5.73 Å². The number of nitrogen functional groups attached to an aromatic ring is 1. The Kier molecular flexibility index (Phi) is 5.14. The SMILES string of the molecule is CCCCNc1nc(N)nc(-c2cc([N+](=O)[O-])cc([N+](=O)[O-])c2)n1. The Labute approximate surface area is 136 Å². The van der Waals surface area contributed by atoms with Gasteiger partial charge in [0.15, 0.2) is 5.82 Å². The number of rotatable bonds is 7. The van der Waals surface area contributed by atoms with Crippen LogP contribution in [0.5, 0.6) is 0 Å². The lowest BCUT2D eigenvalue weighted by Gasteiger charge is -2.07. The molecule has 11 heteroatoms. The molecule has 0 spiro atoms. The number of nitrogens with one attached hydrogen (secondary N) is 1. The minimum Gasteiger partial charge on any atom is -0.368 e. The summed E-state index contributed by atoms with van der Waals surface area (Å²) >= 11 is 0. The van der Waals surface area contributed by atoms with E-state index in [0.717, 1.165) is 31.0 Å². The molecular weight excluding hydrogens is 318 g/mol. The number of anilines is 2. The van der Waals surface area contributed by atoms with E-state index in [1.165, 1.54) is 0 Å². The van der Waals surface area contributed by atoms with Crippen molar-refractivity contribution in [3.8, 4) is 11.4 Å². The lowest BCUT2D eigenvalue weighted by atomic mass is 10.1. The van der Waals surface area contributed by atoms with E-state index in [0.29, 0.717) is 6.54 Å². The van der Waals surface area contributed by atoms with Gasteiger partial charge >= 0.3 is 0 Å². The number of unbranched alkanes of at least 4 members (excludes halogenated alkanes) is 1. The molecule has 24 heavy (non-hydrogen) atoms. The molecule has 0 aliphatic rings. The van der Waals surface area contributed by atoms with Crippen molar-refractivity contribution in [3.63, 3.8) is 0 Å². The number of hydrogen-bond acceptors (Lipinski definition) is 9. The molecule has 0 saturated heterocycles. The van der Waals surface area contributed by atoms with Crippen LogP contribution >= 0.6 is 0 Å². The van der Waals surface area contributed by atoms with Crippen LogP contribution in [0.2, 0.25) is 0 Å². The van der Waals surface area contributed by atoms with Gasteiger partial charge in [-0.25, -0.2) is 0 Å². The third kappa shape index (κ3) is 4.09. The molecule has 0 radical (unpaired) electrons. The summed E-state index contributed by atoms with van der Waals surface area (Å²) in [6, 6.07) is 3.17. The first-order valence-corrected chi connectivity index (χ1v) is 7.10. The molecule has 126 valence electrons. The van der Waals surface area contributed by atoms with Gasteiger partial charge in [-0.1, -0.05) is 13.3 Å². The first-order chi connectivity index (χ1) is 11.4. The van der Waals surface area contributed by atoms with Crippen LogP contribution in [0, 0.1) is 20.2 Å². The summed E-state index contributed by atoms with van der Waals surface area (Å²) in [5.41, 5.74) is 4.88. The summed E-state index contributed by atoms with van der Waals surface area (Å²) in [5.74, 6) is 0.140. The highest BCUT2D eigenvalue weighted by Gasteiger charge is 2.19. The highest BCUT2D eigenvalue weighted by atomic mass is 16.6. The van der Waals surface area contributed by atoms with Crippen LogP contribution in [0.3, 0.4) is 0 Å². The molecule has 1 aromatic heterocycles. The minimum absolute atomic E-state index is 0.0216. The van der Waals surface area contributed by atoms with Gasteiger partial charge in [-0.15, -0.1) is 0 Å². The first-order valence-electron chi connectivity index (χ1n) is 7.10. The number of hydrogen-bond donors (Lipinski definition) is 2. The van der Waals surface area contributed by atoms with Crippen LogP contribution in [-0.4, -0.2) is 31.3 Å². The molecule has 0 bridgehead atoms. The summed E-state index contributed by atoms with van der Waals surface area (Å²) in [4.78, 5) is 32.4. The number of nitrogens with zero attached hydrogens (tertiary/aromatic N) is 5. The topological polar surface area (TPSA) is 163 Å². The van der Waals surface area contributed by atoms with Crippen LogP contribution in [0.25, 0.3) is 11.4 Å². The van der Waals surface area contributed by atoms with Crippen molar-refractivity contribution in [1.82, 2.24) is 15.0 Å². The van der Waals surface area contributed by atoms with Crippen LogP contribution in [0.1, 0.15) is 19.8 Å². The highest BCUT2D eigenvalue weighted by molar-refractivity contribution is 5.65. The van der Waals surface area contributed by atoms with E-state index in [1.54, 1.807) is 0 Å². The first kappa shape index (κ1) is 17.0. The van der Waals surface area contributed by atoms with Crippen molar-refractivity contribution in [1.29, 1.82) is 0 Å². The molecule has 0 fully saturated rings. The van der Waals surface area contributed by atoms with Crippen LogP contribution in [0.15, 0.2) is 18.2 Å². The average molecular weight is 333 g/mol. The summed E-state index contributed by atoms with van der Waals surface area (Å²) in [7, 11) is 0. The largest absolute Gasteiger partial charge is 0.368 e. The second kappa shape index (κ2) is 7.26. The second-order valence-electron chi connectivity index (χ2n) is 4.87. The molecule has 0 amide bonds. The molecule has 0 aliphatic carbocycles. The zero-order chi connectivity index (χ0) is 17.7. The lowest BCUT2D eigenvalue weighted by Crippen LogP contribution is -2.09. The molecule has 0 unspecified atom stereocenters. The van der Waals surface area contributed by atoms with Crippen LogP contribution < -0.4 is 11.1 Å². The molecule has 2 aromatic rings. The van der Waals surface area contributed by atoms with Gasteiger partial charge in [0.25, 0.3) is 11.4 Å². The van der Waals surface area contributed by atoms with E-state index in [9.17, 15) is 20.2 Å². The van der Waals surface area contributed by atoms with Crippen molar-refractivity contribution >= 4 is 23.3 Å².